The largest absolute Gasteiger partial charge is 0.458 e. The molecule has 5 heteroatoms. The number of H-pyrrole nitrogens is 1. The van der Waals surface area contributed by atoms with E-state index < -0.39 is 0 Å². The van der Waals surface area contributed by atoms with Gasteiger partial charge in [-0.1, -0.05) is 45.0 Å². The number of hydrogen-bond acceptors (Lipinski definition) is 3. The number of nitrogens with zero attached hydrogens (tertiary/aromatic N) is 1. The van der Waals surface area contributed by atoms with Gasteiger partial charge < -0.3 is 19.9 Å². The summed E-state index contributed by atoms with van der Waals surface area (Å²) in [7, 11) is 2.02. The third-order valence-electron chi connectivity index (χ3n) is 5.41. The van der Waals surface area contributed by atoms with Crippen molar-refractivity contribution in [2.45, 2.75) is 26.2 Å². The SMILES string of the molecule is CN1C=CC(Oc2cccc(-c3c[nH]c(C(=O)Nc4ccc(C(C)(C)C)cc4)c3)c2)=CC1. The zero-order valence-electron chi connectivity index (χ0n) is 19.0. The number of aromatic amines is 1. The van der Waals surface area contributed by atoms with Gasteiger partial charge in [-0.2, -0.15) is 0 Å². The van der Waals surface area contributed by atoms with Crippen molar-refractivity contribution in [2.24, 2.45) is 0 Å². The fourth-order valence-corrected chi connectivity index (χ4v) is 3.46. The molecule has 1 aliphatic rings. The third-order valence-corrected chi connectivity index (χ3v) is 5.41. The van der Waals surface area contributed by atoms with Gasteiger partial charge in [-0.15, -0.1) is 0 Å². The number of amides is 1. The van der Waals surface area contributed by atoms with Crippen molar-refractivity contribution in [1.82, 2.24) is 9.88 Å². The molecule has 164 valence electrons. The van der Waals surface area contributed by atoms with Crippen LogP contribution in [0.5, 0.6) is 5.75 Å². The second-order valence-electron chi connectivity index (χ2n) is 9.08. The van der Waals surface area contributed by atoms with E-state index in [1.807, 2.05) is 74.1 Å². The molecule has 1 aromatic heterocycles. The van der Waals surface area contributed by atoms with Gasteiger partial charge >= 0.3 is 0 Å². The number of rotatable bonds is 5. The van der Waals surface area contributed by atoms with E-state index in [1.165, 1.54) is 5.56 Å². The summed E-state index contributed by atoms with van der Waals surface area (Å²) in [6.07, 6.45) is 7.82. The van der Waals surface area contributed by atoms with E-state index in [-0.39, 0.29) is 11.3 Å². The Morgan fingerprint density at radius 1 is 1.06 bits per heavy atom. The van der Waals surface area contributed by atoms with Gasteiger partial charge in [-0.3, -0.25) is 4.79 Å². The summed E-state index contributed by atoms with van der Waals surface area (Å²) in [4.78, 5) is 17.9. The van der Waals surface area contributed by atoms with E-state index in [2.05, 4.69) is 48.1 Å². The highest BCUT2D eigenvalue weighted by Gasteiger charge is 2.14. The van der Waals surface area contributed by atoms with Gasteiger partial charge in [-0.05, 0) is 59.0 Å². The van der Waals surface area contributed by atoms with E-state index in [0.29, 0.717) is 5.69 Å². The quantitative estimate of drug-likeness (QED) is 0.529. The normalized spacial score (nSPS) is 13.6. The van der Waals surface area contributed by atoms with Crippen molar-refractivity contribution in [3.05, 3.63) is 96.2 Å². The Balaban J connectivity index is 1.44. The lowest BCUT2D eigenvalue weighted by Crippen LogP contribution is -2.15. The molecule has 0 radical (unpaired) electrons. The number of nitrogens with one attached hydrogen (secondary N) is 2. The first-order chi connectivity index (χ1) is 15.3. The summed E-state index contributed by atoms with van der Waals surface area (Å²) in [6, 6.07) is 17.7. The highest BCUT2D eigenvalue weighted by Crippen LogP contribution is 2.27. The van der Waals surface area contributed by atoms with E-state index in [9.17, 15) is 4.79 Å². The predicted octanol–water partition coefficient (Wildman–Crippen LogP) is 5.95. The van der Waals surface area contributed by atoms with Gasteiger partial charge in [-0.25, -0.2) is 0 Å². The van der Waals surface area contributed by atoms with Crippen LogP contribution in [0.15, 0.2) is 84.9 Å². The average Bonchev–Trinajstić information content (AvgIpc) is 3.26. The molecule has 2 aromatic carbocycles. The summed E-state index contributed by atoms with van der Waals surface area (Å²) in [5.41, 5.74) is 4.49. The zero-order chi connectivity index (χ0) is 22.7. The molecule has 2 heterocycles. The van der Waals surface area contributed by atoms with Crippen molar-refractivity contribution in [2.75, 3.05) is 18.9 Å². The maximum atomic E-state index is 12.7. The highest BCUT2D eigenvalue weighted by molar-refractivity contribution is 6.03. The van der Waals surface area contributed by atoms with Gasteiger partial charge in [0.25, 0.3) is 5.91 Å². The molecule has 5 nitrogen and oxygen atoms in total. The first-order valence-corrected chi connectivity index (χ1v) is 10.8. The molecule has 2 N–H and O–H groups in total. The lowest BCUT2D eigenvalue weighted by Gasteiger charge is -2.19. The van der Waals surface area contributed by atoms with Crippen molar-refractivity contribution in [3.63, 3.8) is 0 Å². The minimum atomic E-state index is -0.172. The monoisotopic (exact) mass is 427 g/mol. The lowest BCUT2D eigenvalue weighted by molar-refractivity contribution is 0.102. The number of anilines is 1. The minimum absolute atomic E-state index is 0.0787. The highest BCUT2D eigenvalue weighted by atomic mass is 16.5. The first-order valence-electron chi connectivity index (χ1n) is 10.8. The number of benzene rings is 2. The smallest absolute Gasteiger partial charge is 0.272 e. The number of likely N-dealkylation sites (N-methyl/N-ethyl adjacent to an activating group) is 1. The lowest BCUT2D eigenvalue weighted by atomic mass is 9.87. The molecule has 0 aliphatic carbocycles. The van der Waals surface area contributed by atoms with Gasteiger partial charge in [0.1, 0.15) is 17.2 Å². The second kappa shape index (κ2) is 8.79. The molecule has 0 fully saturated rings. The minimum Gasteiger partial charge on any atom is -0.458 e. The summed E-state index contributed by atoms with van der Waals surface area (Å²) < 4.78 is 5.99. The molecule has 4 rings (SSSR count). The Hall–Kier alpha value is -3.73. The number of hydrogen-bond donors (Lipinski definition) is 2. The van der Waals surface area contributed by atoms with Crippen LogP contribution < -0.4 is 10.1 Å². The van der Waals surface area contributed by atoms with Crippen molar-refractivity contribution >= 4 is 11.6 Å². The average molecular weight is 428 g/mol. The van der Waals surface area contributed by atoms with Crippen LogP contribution in [0.3, 0.4) is 0 Å². The predicted molar refractivity (Wildman–Crippen MR) is 130 cm³/mol. The van der Waals surface area contributed by atoms with Gasteiger partial charge in [0, 0.05) is 37.2 Å². The van der Waals surface area contributed by atoms with Crippen LogP contribution in [0.25, 0.3) is 11.1 Å². The molecule has 0 atom stereocenters. The molecule has 1 amide bonds. The second-order valence-corrected chi connectivity index (χ2v) is 9.08. The maximum absolute atomic E-state index is 12.7. The summed E-state index contributed by atoms with van der Waals surface area (Å²) in [5.74, 6) is 1.41. The molecule has 3 aromatic rings. The Morgan fingerprint density at radius 3 is 2.53 bits per heavy atom. The van der Waals surface area contributed by atoms with Gasteiger partial charge in [0.05, 0.1) is 0 Å². The van der Waals surface area contributed by atoms with Crippen molar-refractivity contribution < 1.29 is 9.53 Å². The fraction of sp³-hybridized carbons (Fsp3) is 0.222. The number of ether oxygens (including phenoxy) is 1. The summed E-state index contributed by atoms with van der Waals surface area (Å²) >= 11 is 0. The van der Waals surface area contributed by atoms with Gasteiger partial charge in [0.2, 0.25) is 0 Å². The molecule has 0 unspecified atom stereocenters. The standard InChI is InChI=1S/C27H29N3O2/c1-27(2,3)21-8-10-22(11-9-21)29-26(31)25-17-20(18-28-25)19-6-5-7-24(16-19)32-23-12-14-30(4)15-13-23/h5-14,16-18,28H,15H2,1-4H3,(H,29,31). The molecule has 0 bridgehead atoms. The summed E-state index contributed by atoms with van der Waals surface area (Å²) in [6.45, 7) is 7.33. The molecule has 0 spiro atoms. The van der Waals surface area contributed by atoms with Crippen LogP contribution in [0, 0.1) is 0 Å². The van der Waals surface area contributed by atoms with Crippen LogP contribution in [0.2, 0.25) is 0 Å². The van der Waals surface area contributed by atoms with Crippen LogP contribution in [-0.2, 0) is 5.41 Å². The molecular formula is C27H29N3O2. The van der Waals surface area contributed by atoms with Gasteiger partial charge in [0.15, 0.2) is 0 Å². The van der Waals surface area contributed by atoms with E-state index in [4.69, 9.17) is 4.74 Å². The zero-order valence-corrected chi connectivity index (χ0v) is 19.0. The van der Waals surface area contributed by atoms with Crippen LogP contribution in [0.4, 0.5) is 5.69 Å². The number of carbonyl (C=O) groups is 1. The number of allylic oxidation sites excluding steroid dienone is 1. The van der Waals surface area contributed by atoms with Crippen molar-refractivity contribution in [1.29, 1.82) is 0 Å². The van der Waals surface area contributed by atoms with E-state index in [0.717, 1.165) is 34.9 Å². The molecule has 32 heavy (non-hydrogen) atoms. The molecular weight excluding hydrogens is 398 g/mol. The Bertz CT molecular complexity index is 1160. The fourth-order valence-electron chi connectivity index (χ4n) is 3.46. The first kappa shape index (κ1) is 21.5. The Morgan fingerprint density at radius 2 is 1.84 bits per heavy atom. The van der Waals surface area contributed by atoms with Crippen LogP contribution >= 0.6 is 0 Å². The summed E-state index contributed by atoms with van der Waals surface area (Å²) in [5, 5.41) is 2.96. The maximum Gasteiger partial charge on any atom is 0.272 e. The Labute approximate surface area is 189 Å². The number of carbonyl (C=O) groups excluding carboxylic acids is 1. The Kier molecular flexibility index (Phi) is 5.91. The molecule has 0 saturated heterocycles. The molecule has 0 saturated carbocycles. The third kappa shape index (κ3) is 5.11. The van der Waals surface area contributed by atoms with E-state index in [1.54, 1.807) is 0 Å². The topological polar surface area (TPSA) is 57.4 Å². The number of aromatic nitrogens is 1. The van der Waals surface area contributed by atoms with E-state index >= 15 is 0 Å². The van der Waals surface area contributed by atoms with Crippen LogP contribution in [-0.4, -0.2) is 29.4 Å². The van der Waals surface area contributed by atoms with Crippen LogP contribution in [0.1, 0.15) is 36.8 Å². The van der Waals surface area contributed by atoms with Crippen molar-refractivity contribution in [3.8, 4) is 16.9 Å². The molecule has 1 aliphatic heterocycles.